The van der Waals surface area contributed by atoms with Gasteiger partial charge in [-0.2, -0.15) is 0 Å². The average Bonchev–Trinajstić information content (AvgIpc) is 3.17. The largest absolute Gasteiger partial charge is 0.486 e. The number of thiazole rings is 1. The highest BCUT2D eigenvalue weighted by atomic mass is 32.1. The zero-order valence-electron chi connectivity index (χ0n) is 15.2. The molecular formula is C18H18FN3O5S. The van der Waals surface area contributed by atoms with Gasteiger partial charge in [-0.25, -0.2) is 14.2 Å². The van der Waals surface area contributed by atoms with Crippen molar-refractivity contribution >= 4 is 29.2 Å². The smallest absolute Gasteiger partial charge is 0.326 e. The van der Waals surface area contributed by atoms with Crippen LogP contribution in [0.1, 0.15) is 24.5 Å². The topological polar surface area (TPSA) is 97.8 Å². The highest BCUT2D eigenvalue weighted by molar-refractivity contribution is 7.09. The van der Waals surface area contributed by atoms with Gasteiger partial charge in [-0.1, -0.05) is 0 Å². The predicted molar refractivity (Wildman–Crippen MR) is 97.0 cm³/mol. The van der Waals surface area contributed by atoms with Crippen molar-refractivity contribution in [2.45, 2.75) is 32.6 Å². The number of benzene rings is 1. The van der Waals surface area contributed by atoms with Crippen molar-refractivity contribution in [1.82, 2.24) is 15.2 Å². The Hall–Kier alpha value is -3.01. The van der Waals surface area contributed by atoms with Gasteiger partial charge in [-0.3, -0.25) is 14.5 Å². The second-order valence-electron chi connectivity index (χ2n) is 6.58. The highest BCUT2D eigenvalue weighted by Gasteiger charge is 2.45. The van der Waals surface area contributed by atoms with Crippen LogP contribution in [0, 0.1) is 5.82 Å². The van der Waals surface area contributed by atoms with Crippen molar-refractivity contribution in [3.8, 4) is 5.75 Å². The maximum absolute atomic E-state index is 12.9. The van der Waals surface area contributed by atoms with Crippen molar-refractivity contribution in [3.63, 3.8) is 0 Å². The molecule has 3 amide bonds. The summed E-state index contributed by atoms with van der Waals surface area (Å²) in [7, 11) is 0. The van der Waals surface area contributed by atoms with Crippen molar-refractivity contribution < 1.29 is 28.2 Å². The van der Waals surface area contributed by atoms with Gasteiger partial charge >= 0.3 is 12.0 Å². The third kappa shape index (κ3) is 4.63. The van der Waals surface area contributed by atoms with E-state index < -0.39 is 30.0 Å². The summed E-state index contributed by atoms with van der Waals surface area (Å²) in [6, 6.07) is 5.01. The average molecular weight is 407 g/mol. The number of urea groups is 1. The summed E-state index contributed by atoms with van der Waals surface area (Å²) in [4.78, 5) is 40.9. The minimum absolute atomic E-state index is 0.0844. The van der Waals surface area contributed by atoms with Gasteiger partial charge in [0.2, 0.25) is 0 Å². The van der Waals surface area contributed by atoms with E-state index in [0.29, 0.717) is 16.5 Å². The first-order chi connectivity index (χ1) is 13.2. The van der Waals surface area contributed by atoms with E-state index in [0.717, 1.165) is 4.90 Å². The molecule has 1 aromatic heterocycles. The predicted octanol–water partition coefficient (Wildman–Crippen LogP) is 2.23. The Morgan fingerprint density at radius 1 is 1.25 bits per heavy atom. The lowest BCUT2D eigenvalue weighted by atomic mass is 10.1. The molecular weight excluding hydrogens is 389 g/mol. The van der Waals surface area contributed by atoms with Crippen molar-refractivity contribution in [2.75, 3.05) is 6.54 Å². The molecule has 1 fully saturated rings. The summed E-state index contributed by atoms with van der Waals surface area (Å²) in [6.07, 6.45) is 0. The van der Waals surface area contributed by atoms with Crippen molar-refractivity contribution in [3.05, 3.63) is 46.2 Å². The Labute approximate surface area is 164 Å². The molecule has 0 radical (unpaired) electrons. The number of hydrogen-bond donors (Lipinski definition) is 1. The third-order valence-corrected chi connectivity index (χ3v) is 4.76. The fourth-order valence-corrected chi connectivity index (χ4v) is 3.14. The van der Waals surface area contributed by atoms with Gasteiger partial charge in [-0.05, 0) is 38.1 Å². The second-order valence-corrected chi connectivity index (χ2v) is 7.52. The molecule has 28 heavy (non-hydrogen) atoms. The Bertz CT molecular complexity index is 897. The normalized spacial score (nSPS) is 15.5. The van der Waals surface area contributed by atoms with Crippen molar-refractivity contribution in [2.24, 2.45) is 0 Å². The Morgan fingerprint density at radius 2 is 1.96 bits per heavy atom. The van der Waals surface area contributed by atoms with E-state index in [9.17, 15) is 18.8 Å². The van der Waals surface area contributed by atoms with Gasteiger partial charge in [0.25, 0.3) is 5.91 Å². The van der Waals surface area contributed by atoms with E-state index in [1.165, 1.54) is 35.6 Å². The number of rotatable bonds is 7. The zero-order chi connectivity index (χ0) is 20.3. The van der Waals surface area contributed by atoms with Gasteiger partial charge in [0, 0.05) is 5.38 Å². The Balaban J connectivity index is 1.46. The number of halogens is 1. The lowest BCUT2D eigenvalue weighted by Gasteiger charge is -2.15. The minimum Gasteiger partial charge on any atom is -0.486 e. The Kier molecular flexibility index (Phi) is 5.59. The van der Waals surface area contributed by atoms with E-state index in [4.69, 9.17) is 9.47 Å². The molecule has 0 saturated carbocycles. The summed E-state index contributed by atoms with van der Waals surface area (Å²) < 4.78 is 23.5. The number of nitrogens with one attached hydrogen (secondary N) is 1. The van der Waals surface area contributed by atoms with E-state index >= 15 is 0 Å². The molecule has 3 rings (SSSR count). The lowest BCUT2D eigenvalue weighted by Crippen LogP contribution is -2.41. The van der Waals surface area contributed by atoms with Crippen LogP contribution in [0.5, 0.6) is 5.75 Å². The zero-order valence-corrected chi connectivity index (χ0v) is 16.0. The quantitative estimate of drug-likeness (QED) is 0.558. The van der Waals surface area contributed by atoms with E-state index in [1.54, 1.807) is 19.2 Å². The summed E-state index contributed by atoms with van der Waals surface area (Å²) >= 11 is 1.33. The SMILES string of the molecule is CC1(C)NC(=O)N(CC(=O)OCc2csc(COc3ccc(F)cc3)n2)C1=O. The van der Waals surface area contributed by atoms with Crippen LogP contribution in [0.15, 0.2) is 29.6 Å². The molecule has 2 heterocycles. The number of amides is 3. The van der Waals surface area contributed by atoms with Gasteiger partial charge < -0.3 is 14.8 Å². The maximum Gasteiger partial charge on any atom is 0.326 e. The molecule has 0 spiro atoms. The van der Waals surface area contributed by atoms with Crippen LogP contribution < -0.4 is 10.1 Å². The number of ether oxygens (including phenoxy) is 2. The molecule has 0 aliphatic carbocycles. The third-order valence-electron chi connectivity index (χ3n) is 3.89. The van der Waals surface area contributed by atoms with Gasteiger partial charge in [0.15, 0.2) is 0 Å². The maximum atomic E-state index is 12.9. The molecule has 1 N–H and O–H groups in total. The van der Waals surface area contributed by atoms with Crippen molar-refractivity contribution in [1.29, 1.82) is 0 Å². The van der Waals surface area contributed by atoms with Gasteiger partial charge in [0.1, 0.15) is 41.9 Å². The van der Waals surface area contributed by atoms with Crippen LogP contribution in [0.4, 0.5) is 9.18 Å². The summed E-state index contributed by atoms with van der Waals surface area (Å²) in [5.74, 6) is -1.02. The standard InChI is InChI=1S/C18H18FN3O5S/c1-18(2)16(24)22(17(25)21-18)7-15(23)27-8-12-10-28-14(20-12)9-26-13-5-3-11(19)4-6-13/h3-6,10H,7-9H2,1-2H3,(H,21,25). The number of hydrogen-bond acceptors (Lipinski definition) is 7. The minimum atomic E-state index is -1.04. The van der Waals surface area contributed by atoms with E-state index in [2.05, 4.69) is 10.3 Å². The number of nitrogens with zero attached hydrogens (tertiary/aromatic N) is 2. The fraction of sp³-hybridized carbons (Fsp3) is 0.333. The Morgan fingerprint density at radius 3 is 2.61 bits per heavy atom. The molecule has 10 heteroatoms. The van der Waals surface area contributed by atoms with Gasteiger partial charge in [-0.15, -0.1) is 11.3 Å². The molecule has 8 nitrogen and oxygen atoms in total. The molecule has 0 bridgehead atoms. The van der Waals surface area contributed by atoms with Crippen LogP contribution >= 0.6 is 11.3 Å². The highest BCUT2D eigenvalue weighted by Crippen LogP contribution is 2.18. The molecule has 0 atom stereocenters. The molecule has 0 unspecified atom stereocenters. The lowest BCUT2D eigenvalue weighted by molar-refractivity contribution is -0.148. The molecule has 1 aliphatic heterocycles. The molecule has 148 valence electrons. The van der Waals surface area contributed by atoms with E-state index in [1.807, 2.05) is 0 Å². The number of aromatic nitrogens is 1. The van der Waals surface area contributed by atoms with Crippen LogP contribution in [0.3, 0.4) is 0 Å². The van der Waals surface area contributed by atoms with Gasteiger partial charge in [0.05, 0.1) is 5.69 Å². The van der Waals surface area contributed by atoms with Crippen LogP contribution in [-0.2, 0) is 27.5 Å². The first-order valence-electron chi connectivity index (χ1n) is 8.36. The summed E-state index contributed by atoms with van der Waals surface area (Å²) in [6.45, 7) is 2.77. The molecule has 1 aliphatic rings. The summed E-state index contributed by atoms with van der Waals surface area (Å²) in [5, 5.41) is 4.86. The number of carbonyl (C=O) groups excluding carboxylic acids is 3. The van der Waals surface area contributed by atoms with Crippen LogP contribution in [-0.4, -0.2) is 39.9 Å². The molecule has 2 aromatic rings. The van der Waals surface area contributed by atoms with Crippen LogP contribution in [0.25, 0.3) is 0 Å². The number of imide groups is 1. The van der Waals surface area contributed by atoms with Crippen LogP contribution in [0.2, 0.25) is 0 Å². The molecule has 1 saturated heterocycles. The summed E-state index contributed by atoms with van der Waals surface area (Å²) in [5.41, 5.74) is -0.514. The van der Waals surface area contributed by atoms with E-state index in [-0.39, 0.29) is 19.0 Å². The first kappa shape index (κ1) is 19.7. The fourth-order valence-electron chi connectivity index (χ4n) is 2.45. The number of carbonyl (C=O) groups is 3. The second kappa shape index (κ2) is 7.93. The molecule has 1 aromatic carbocycles. The monoisotopic (exact) mass is 407 g/mol. The first-order valence-corrected chi connectivity index (χ1v) is 9.24. The number of esters is 1.